The fourth-order valence-electron chi connectivity index (χ4n) is 2.19. The van der Waals surface area contributed by atoms with Crippen LogP contribution < -0.4 is 0 Å². The van der Waals surface area contributed by atoms with Crippen LogP contribution in [0.3, 0.4) is 0 Å². The van der Waals surface area contributed by atoms with E-state index in [9.17, 15) is 9.59 Å². The molecule has 2 aromatic rings. The van der Waals surface area contributed by atoms with Crippen molar-refractivity contribution in [3.8, 4) is 11.4 Å². The van der Waals surface area contributed by atoms with Gasteiger partial charge in [-0.25, -0.2) is 9.97 Å². The molecule has 0 spiro atoms. The molecule has 0 unspecified atom stereocenters. The van der Waals surface area contributed by atoms with E-state index in [0.29, 0.717) is 11.5 Å². The second-order valence-corrected chi connectivity index (χ2v) is 5.17. The second-order valence-electron chi connectivity index (χ2n) is 5.17. The van der Waals surface area contributed by atoms with E-state index in [1.807, 2.05) is 30.3 Å². The normalized spacial score (nSPS) is 10.4. The molecule has 0 fully saturated rings. The molecule has 0 atom stereocenters. The molecule has 24 heavy (non-hydrogen) atoms. The van der Waals surface area contributed by atoms with Gasteiger partial charge in [0.25, 0.3) is 5.91 Å². The van der Waals surface area contributed by atoms with Gasteiger partial charge in [0, 0.05) is 25.4 Å². The summed E-state index contributed by atoms with van der Waals surface area (Å²) in [5, 5.41) is 8.98. The zero-order valence-electron chi connectivity index (χ0n) is 13.6. The number of aryl methyl sites for hydroxylation is 1. The summed E-state index contributed by atoms with van der Waals surface area (Å²) in [4.78, 5) is 33.4. The van der Waals surface area contributed by atoms with Gasteiger partial charge in [0.15, 0.2) is 5.82 Å². The van der Waals surface area contributed by atoms with Crippen LogP contribution in [-0.2, 0) is 9.53 Å². The Kier molecular flexibility index (Phi) is 5.97. The van der Waals surface area contributed by atoms with Crippen molar-refractivity contribution in [1.29, 1.82) is 0 Å². The highest BCUT2D eigenvalue weighted by Crippen LogP contribution is 2.16. The van der Waals surface area contributed by atoms with Crippen LogP contribution >= 0.6 is 0 Å². The van der Waals surface area contributed by atoms with E-state index in [4.69, 9.17) is 9.84 Å². The third-order valence-corrected chi connectivity index (χ3v) is 3.42. The minimum absolute atomic E-state index is 0.182. The van der Waals surface area contributed by atoms with Crippen LogP contribution in [0.5, 0.6) is 0 Å². The predicted octanol–water partition coefficient (Wildman–Crippen LogP) is 1.63. The molecule has 0 saturated heterocycles. The van der Waals surface area contributed by atoms with Crippen molar-refractivity contribution in [3.63, 3.8) is 0 Å². The van der Waals surface area contributed by atoms with Gasteiger partial charge in [-0.1, -0.05) is 30.3 Å². The number of carbonyl (C=O) groups excluding carboxylic acids is 1. The summed E-state index contributed by atoms with van der Waals surface area (Å²) >= 11 is 0. The fraction of sp³-hybridized carbons (Fsp3) is 0.294. The molecule has 0 saturated carbocycles. The summed E-state index contributed by atoms with van der Waals surface area (Å²) in [6.45, 7) is 1.74. The quantitative estimate of drug-likeness (QED) is 0.830. The number of carbonyl (C=O) groups is 2. The first-order valence-corrected chi connectivity index (χ1v) is 7.42. The van der Waals surface area contributed by atoms with Gasteiger partial charge in [-0.05, 0) is 6.92 Å². The third kappa shape index (κ3) is 4.36. The number of ether oxygens (including phenoxy) is 1. The van der Waals surface area contributed by atoms with E-state index in [0.717, 1.165) is 5.56 Å². The van der Waals surface area contributed by atoms with E-state index in [1.165, 1.54) is 18.2 Å². The Balaban J connectivity index is 2.26. The lowest BCUT2D eigenvalue weighted by atomic mass is 10.1. The number of aliphatic carboxylic acids is 1. The average Bonchev–Trinajstić information content (AvgIpc) is 2.58. The standard InChI is InChI=1S/C17H19N3O4/c1-12-14(17(23)20(8-9-24-2)11-15(21)22)10-18-16(19-12)13-6-4-3-5-7-13/h3-7,10H,8-9,11H2,1-2H3,(H,21,22). The van der Waals surface area contributed by atoms with Crippen LogP contribution in [0.25, 0.3) is 11.4 Å². The summed E-state index contributed by atoms with van der Waals surface area (Å²) in [7, 11) is 1.49. The van der Waals surface area contributed by atoms with Gasteiger partial charge in [0.2, 0.25) is 0 Å². The Morgan fingerprint density at radius 1 is 1.25 bits per heavy atom. The van der Waals surface area contributed by atoms with Crippen LogP contribution in [0.4, 0.5) is 0 Å². The van der Waals surface area contributed by atoms with Gasteiger partial charge in [0.05, 0.1) is 17.9 Å². The molecule has 1 heterocycles. The Morgan fingerprint density at radius 2 is 1.96 bits per heavy atom. The maximum atomic E-state index is 12.6. The predicted molar refractivity (Wildman–Crippen MR) is 87.6 cm³/mol. The summed E-state index contributed by atoms with van der Waals surface area (Å²) in [6.07, 6.45) is 1.44. The Labute approximate surface area is 139 Å². The first-order valence-electron chi connectivity index (χ1n) is 7.42. The molecule has 0 aliphatic heterocycles. The molecule has 7 nitrogen and oxygen atoms in total. The van der Waals surface area contributed by atoms with E-state index < -0.39 is 18.4 Å². The number of aromatic nitrogens is 2. The Bertz CT molecular complexity index is 719. The number of benzene rings is 1. The van der Waals surface area contributed by atoms with E-state index in [-0.39, 0.29) is 18.7 Å². The van der Waals surface area contributed by atoms with E-state index >= 15 is 0 Å². The molecule has 0 aliphatic rings. The first kappa shape index (κ1) is 17.6. The molecule has 0 radical (unpaired) electrons. The summed E-state index contributed by atoms with van der Waals surface area (Å²) < 4.78 is 4.93. The molecule has 126 valence electrons. The molecule has 7 heteroatoms. The number of hydrogen-bond acceptors (Lipinski definition) is 5. The van der Waals surface area contributed by atoms with Crippen molar-refractivity contribution in [2.45, 2.75) is 6.92 Å². The highest BCUT2D eigenvalue weighted by Gasteiger charge is 2.21. The molecule has 2 rings (SSSR count). The molecule has 1 aromatic heterocycles. The molecule has 0 aliphatic carbocycles. The molecular weight excluding hydrogens is 310 g/mol. The molecule has 0 bridgehead atoms. The van der Waals surface area contributed by atoms with Crippen molar-refractivity contribution in [1.82, 2.24) is 14.9 Å². The maximum absolute atomic E-state index is 12.6. The van der Waals surface area contributed by atoms with Gasteiger partial charge < -0.3 is 14.7 Å². The van der Waals surface area contributed by atoms with Crippen LogP contribution in [0.2, 0.25) is 0 Å². The number of rotatable bonds is 7. The minimum atomic E-state index is -1.08. The number of hydrogen-bond donors (Lipinski definition) is 1. The smallest absolute Gasteiger partial charge is 0.323 e. The minimum Gasteiger partial charge on any atom is -0.480 e. The highest BCUT2D eigenvalue weighted by molar-refractivity contribution is 5.96. The largest absolute Gasteiger partial charge is 0.480 e. The van der Waals surface area contributed by atoms with E-state index in [2.05, 4.69) is 9.97 Å². The highest BCUT2D eigenvalue weighted by atomic mass is 16.5. The van der Waals surface area contributed by atoms with Crippen molar-refractivity contribution in [2.24, 2.45) is 0 Å². The zero-order valence-corrected chi connectivity index (χ0v) is 13.6. The van der Waals surface area contributed by atoms with Gasteiger partial charge in [-0.3, -0.25) is 9.59 Å². The Morgan fingerprint density at radius 3 is 2.54 bits per heavy atom. The third-order valence-electron chi connectivity index (χ3n) is 3.42. The SMILES string of the molecule is COCCN(CC(=O)O)C(=O)c1cnc(-c2ccccc2)nc1C. The summed E-state index contributed by atoms with van der Waals surface area (Å²) in [6, 6.07) is 9.42. The Hall–Kier alpha value is -2.80. The number of carboxylic acids is 1. The van der Waals surface area contributed by atoms with Crippen LogP contribution in [-0.4, -0.2) is 58.7 Å². The van der Waals surface area contributed by atoms with Crippen LogP contribution in [0.15, 0.2) is 36.5 Å². The fourth-order valence-corrected chi connectivity index (χ4v) is 2.19. The number of carboxylic acid groups (broad SMARTS) is 1. The molecule has 1 amide bonds. The molecule has 1 aromatic carbocycles. The molecule has 1 N–H and O–H groups in total. The van der Waals surface area contributed by atoms with Crippen molar-refractivity contribution >= 4 is 11.9 Å². The van der Waals surface area contributed by atoms with Crippen molar-refractivity contribution < 1.29 is 19.4 Å². The number of amides is 1. The average molecular weight is 329 g/mol. The van der Waals surface area contributed by atoms with Gasteiger partial charge in [-0.2, -0.15) is 0 Å². The number of nitrogens with zero attached hydrogens (tertiary/aromatic N) is 3. The first-order chi connectivity index (χ1) is 11.5. The lowest BCUT2D eigenvalue weighted by molar-refractivity contribution is -0.137. The van der Waals surface area contributed by atoms with Gasteiger partial charge in [-0.15, -0.1) is 0 Å². The maximum Gasteiger partial charge on any atom is 0.323 e. The summed E-state index contributed by atoms with van der Waals surface area (Å²) in [5.74, 6) is -0.989. The lowest BCUT2D eigenvalue weighted by Gasteiger charge is -2.21. The van der Waals surface area contributed by atoms with Crippen molar-refractivity contribution in [3.05, 3.63) is 47.8 Å². The zero-order chi connectivity index (χ0) is 17.5. The summed E-state index contributed by atoms with van der Waals surface area (Å²) in [5.41, 5.74) is 1.63. The monoisotopic (exact) mass is 329 g/mol. The number of methoxy groups -OCH3 is 1. The van der Waals surface area contributed by atoms with Crippen LogP contribution in [0, 0.1) is 6.92 Å². The van der Waals surface area contributed by atoms with Crippen LogP contribution in [0.1, 0.15) is 16.1 Å². The van der Waals surface area contributed by atoms with Gasteiger partial charge >= 0.3 is 5.97 Å². The topological polar surface area (TPSA) is 92.6 Å². The van der Waals surface area contributed by atoms with Gasteiger partial charge in [0.1, 0.15) is 6.54 Å². The van der Waals surface area contributed by atoms with E-state index in [1.54, 1.807) is 6.92 Å². The van der Waals surface area contributed by atoms with Crippen molar-refractivity contribution in [2.75, 3.05) is 26.8 Å². The molecular formula is C17H19N3O4. The second kappa shape index (κ2) is 8.16. The lowest BCUT2D eigenvalue weighted by Crippen LogP contribution is -2.38.